The Morgan fingerprint density at radius 1 is 1.30 bits per heavy atom. The minimum Gasteiger partial charge on any atom is -0.437 e. The Bertz CT molecular complexity index is 779. The lowest BCUT2D eigenvalue weighted by molar-refractivity contribution is 0.466. The molecule has 3 N–H and O–H groups in total. The van der Waals surface area contributed by atoms with Crippen LogP contribution < -0.4 is 16.0 Å². The monoisotopic (exact) mass is 370 g/mol. The first-order valence-electron chi connectivity index (χ1n) is 5.52. The van der Waals surface area contributed by atoms with Crippen LogP contribution in [0.4, 0.5) is 5.95 Å². The fraction of sp³-hybridized carbons (Fsp3) is 0. The maximum atomic E-state index is 5.91. The number of thiophene rings is 1. The zero-order valence-corrected chi connectivity index (χ0v) is 13.1. The molecule has 20 heavy (non-hydrogen) atoms. The highest BCUT2D eigenvalue weighted by Gasteiger charge is 2.12. The lowest BCUT2D eigenvalue weighted by atomic mass is 10.3. The summed E-state index contributed by atoms with van der Waals surface area (Å²) >= 11 is 10.8. The number of rotatable bonds is 3. The van der Waals surface area contributed by atoms with E-state index >= 15 is 0 Å². The van der Waals surface area contributed by atoms with E-state index in [0.29, 0.717) is 22.6 Å². The Kier molecular flexibility index (Phi) is 3.75. The van der Waals surface area contributed by atoms with E-state index < -0.39 is 0 Å². The number of halogens is 2. The quantitative estimate of drug-likeness (QED) is 0.533. The molecule has 0 bridgehead atoms. The summed E-state index contributed by atoms with van der Waals surface area (Å²) in [5.74, 6) is 6.73. The molecule has 0 aliphatic carbocycles. The van der Waals surface area contributed by atoms with Crippen molar-refractivity contribution in [1.29, 1.82) is 0 Å². The van der Waals surface area contributed by atoms with E-state index in [1.165, 1.54) is 11.3 Å². The van der Waals surface area contributed by atoms with Gasteiger partial charge in [-0.25, -0.2) is 10.8 Å². The van der Waals surface area contributed by atoms with Crippen LogP contribution in [-0.4, -0.2) is 9.97 Å². The van der Waals surface area contributed by atoms with Gasteiger partial charge in [-0.3, -0.25) is 5.43 Å². The molecule has 0 saturated carbocycles. The smallest absolute Gasteiger partial charge is 0.241 e. The Labute approximate surface area is 131 Å². The molecule has 0 unspecified atom stereocenters. The number of fused-ring (bicyclic) bond motifs is 1. The third kappa shape index (κ3) is 2.57. The van der Waals surface area contributed by atoms with Gasteiger partial charge in [0.1, 0.15) is 10.6 Å². The number of aromatic nitrogens is 2. The molecule has 3 rings (SSSR count). The first-order chi connectivity index (χ1) is 9.67. The van der Waals surface area contributed by atoms with Crippen LogP contribution in [0.15, 0.2) is 34.1 Å². The standard InChI is InChI=1S/C12H8BrClN4OS/c13-8-5-6(14)1-2-9(8)19-10-7-3-4-20-11(7)17-12(16-10)18-15/h1-5H,15H2,(H,16,17,18). The third-order valence-corrected chi connectivity index (χ3v) is 4.18. The predicted molar refractivity (Wildman–Crippen MR) is 84.5 cm³/mol. The molecule has 1 aromatic carbocycles. The minimum atomic E-state index is 0.306. The maximum absolute atomic E-state index is 5.91. The van der Waals surface area contributed by atoms with E-state index in [1.807, 2.05) is 11.4 Å². The van der Waals surface area contributed by atoms with Crippen LogP contribution >= 0.6 is 38.9 Å². The lowest BCUT2D eigenvalue weighted by Crippen LogP contribution is -2.10. The van der Waals surface area contributed by atoms with Gasteiger partial charge in [0.2, 0.25) is 11.8 Å². The second-order valence-corrected chi connectivity index (χ2v) is 6.00. The van der Waals surface area contributed by atoms with Gasteiger partial charge < -0.3 is 4.74 Å². The van der Waals surface area contributed by atoms with Gasteiger partial charge in [-0.2, -0.15) is 4.98 Å². The van der Waals surface area contributed by atoms with Gasteiger partial charge in [0, 0.05) is 5.02 Å². The summed E-state index contributed by atoms with van der Waals surface area (Å²) in [6, 6.07) is 7.17. The molecule has 0 amide bonds. The molecule has 3 aromatic rings. The highest BCUT2D eigenvalue weighted by molar-refractivity contribution is 9.10. The molecule has 5 nitrogen and oxygen atoms in total. The van der Waals surface area contributed by atoms with Crippen LogP contribution in [-0.2, 0) is 0 Å². The van der Waals surface area contributed by atoms with Crippen molar-refractivity contribution in [3.8, 4) is 11.6 Å². The van der Waals surface area contributed by atoms with Crippen molar-refractivity contribution in [1.82, 2.24) is 9.97 Å². The number of nitrogens with two attached hydrogens (primary N) is 1. The predicted octanol–water partition coefficient (Wildman–Crippen LogP) is 4.19. The molecule has 0 fully saturated rings. The van der Waals surface area contributed by atoms with E-state index in [2.05, 4.69) is 31.3 Å². The highest BCUT2D eigenvalue weighted by atomic mass is 79.9. The van der Waals surface area contributed by atoms with Crippen molar-refractivity contribution in [3.05, 3.63) is 39.1 Å². The van der Waals surface area contributed by atoms with Crippen LogP contribution in [0.2, 0.25) is 5.02 Å². The summed E-state index contributed by atoms with van der Waals surface area (Å²) in [6.45, 7) is 0. The van der Waals surface area contributed by atoms with E-state index in [4.69, 9.17) is 22.2 Å². The van der Waals surface area contributed by atoms with Gasteiger partial charge in [-0.05, 0) is 45.6 Å². The second-order valence-electron chi connectivity index (χ2n) is 3.81. The molecule has 0 spiro atoms. The van der Waals surface area contributed by atoms with Crippen LogP contribution in [0.5, 0.6) is 11.6 Å². The van der Waals surface area contributed by atoms with Crippen molar-refractivity contribution in [2.45, 2.75) is 0 Å². The molecule has 0 aliphatic heterocycles. The second kappa shape index (κ2) is 5.53. The summed E-state index contributed by atoms with van der Waals surface area (Å²) in [4.78, 5) is 9.28. The maximum Gasteiger partial charge on any atom is 0.241 e. The Hall–Kier alpha value is -1.41. The number of ether oxygens (including phenoxy) is 1. The number of hydrogen-bond acceptors (Lipinski definition) is 6. The average molecular weight is 372 g/mol. The van der Waals surface area contributed by atoms with E-state index in [0.717, 1.165) is 14.7 Å². The highest BCUT2D eigenvalue weighted by Crippen LogP contribution is 2.35. The summed E-state index contributed by atoms with van der Waals surface area (Å²) in [6.07, 6.45) is 0. The van der Waals surface area contributed by atoms with Gasteiger partial charge in [-0.15, -0.1) is 11.3 Å². The fourth-order valence-electron chi connectivity index (χ4n) is 1.63. The summed E-state index contributed by atoms with van der Waals surface area (Å²) in [5.41, 5.74) is 2.43. The van der Waals surface area contributed by atoms with Gasteiger partial charge in [0.05, 0.1) is 9.86 Å². The van der Waals surface area contributed by atoms with Crippen LogP contribution in [0.25, 0.3) is 10.2 Å². The molecule has 0 saturated heterocycles. The van der Waals surface area contributed by atoms with Crippen molar-refractivity contribution >= 4 is 55.0 Å². The number of anilines is 1. The van der Waals surface area contributed by atoms with E-state index in [9.17, 15) is 0 Å². The largest absolute Gasteiger partial charge is 0.437 e. The number of nitrogen functional groups attached to an aromatic ring is 1. The zero-order chi connectivity index (χ0) is 14.1. The number of hydrogen-bond donors (Lipinski definition) is 2. The molecule has 2 heterocycles. The molecule has 8 heteroatoms. The van der Waals surface area contributed by atoms with E-state index in [-0.39, 0.29) is 0 Å². The Balaban J connectivity index is 2.07. The molecular weight excluding hydrogens is 364 g/mol. The lowest BCUT2D eigenvalue weighted by Gasteiger charge is -2.09. The number of hydrazine groups is 1. The van der Waals surface area contributed by atoms with Crippen LogP contribution in [0.1, 0.15) is 0 Å². The third-order valence-electron chi connectivity index (χ3n) is 2.52. The average Bonchev–Trinajstić information content (AvgIpc) is 2.90. The fourth-order valence-corrected chi connectivity index (χ4v) is 3.15. The van der Waals surface area contributed by atoms with E-state index in [1.54, 1.807) is 18.2 Å². The normalized spacial score (nSPS) is 10.8. The van der Waals surface area contributed by atoms with Gasteiger partial charge >= 0.3 is 0 Å². The first kappa shape index (κ1) is 13.6. The van der Waals surface area contributed by atoms with Crippen molar-refractivity contribution < 1.29 is 4.74 Å². The number of benzene rings is 1. The molecular formula is C12H8BrClN4OS. The summed E-state index contributed by atoms with van der Waals surface area (Å²) in [7, 11) is 0. The summed E-state index contributed by atoms with van der Waals surface area (Å²) < 4.78 is 6.58. The molecule has 2 aromatic heterocycles. The molecule has 0 aliphatic rings. The molecule has 102 valence electrons. The Morgan fingerprint density at radius 3 is 2.90 bits per heavy atom. The zero-order valence-electron chi connectivity index (χ0n) is 9.93. The minimum absolute atomic E-state index is 0.306. The van der Waals surface area contributed by atoms with Gasteiger partial charge in [0.25, 0.3) is 0 Å². The Morgan fingerprint density at radius 2 is 2.15 bits per heavy atom. The SMILES string of the molecule is NNc1nc(Oc2ccc(Cl)cc2Br)c2ccsc2n1. The number of nitrogens with one attached hydrogen (secondary N) is 1. The van der Waals surface area contributed by atoms with Gasteiger partial charge in [0.15, 0.2) is 0 Å². The van der Waals surface area contributed by atoms with Crippen LogP contribution in [0.3, 0.4) is 0 Å². The topological polar surface area (TPSA) is 73.1 Å². The molecule has 0 atom stereocenters. The van der Waals surface area contributed by atoms with Crippen molar-refractivity contribution in [3.63, 3.8) is 0 Å². The van der Waals surface area contributed by atoms with Crippen molar-refractivity contribution in [2.75, 3.05) is 5.43 Å². The summed E-state index contributed by atoms with van der Waals surface area (Å²) in [5, 5.41) is 3.37. The first-order valence-corrected chi connectivity index (χ1v) is 7.57. The van der Waals surface area contributed by atoms with Gasteiger partial charge in [-0.1, -0.05) is 11.6 Å². The van der Waals surface area contributed by atoms with Crippen LogP contribution in [0, 0.1) is 0 Å². The van der Waals surface area contributed by atoms with Crippen molar-refractivity contribution in [2.24, 2.45) is 5.84 Å². The molecule has 0 radical (unpaired) electrons. The number of nitrogens with zero attached hydrogens (tertiary/aromatic N) is 2.